The van der Waals surface area contributed by atoms with Crippen LogP contribution in [0.1, 0.15) is 68.1 Å². The van der Waals surface area contributed by atoms with E-state index < -0.39 is 17.7 Å². The predicted octanol–water partition coefficient (Wildman–Crippen LogP) is 5.77. The molecule has 1 amide bonds. The highest BCUT2D eigenvalue weighted by atomic mass is 32.2. The lowest BCUT2D eigenvalue weighted by molar-refractivity contribution is -0.116. The average molecular weight is 487 g/mol. The van der Waals surface area contributed by atoms with Gasteiger partial charge in [-0.1, -0.05) is 19.1 Å². The van der Waals surface area contributed by atoms with Gasteiger partial charge in [0.25, 0.3) is 0 Å². The topological polar surface area (TPSA) is 130 Å². The van der Waals surface area contributed by atoms with Crippen LogP contribution in [0.25, 0.3) is 0 Å². The second kappa shape index (κ2) is 15.5. The summed E-state index contributed by atoms with van der Waals surface area (Å²) in [7, 11) is 0. The number of carboxylic acids is 1. The van der Waals surface area contributed by atoms with E-state index in [2.05, 4.69) is 17.7 Å². The van der Waals surface area contributed by atoms with E-state index >= 15 is 0 Å². The number of Topliss-reactive ketones (excluding diaryl/α,β-unsaturated/α-hetero) is 1. The van der Waals surface area contributed by atoms with Crippen LogP contribution >= 0.6 is 11.8 Å². The van der Waals surface area contributed by atoms with Gasteiger partial charge in [0.05, 0.1) is 17.2 Å². The number of nitrogens with zero attached hydrogens (tertiary/aromatic N) is 1. The summed E-state index contributed by atoms with van der Waals surface area (Å²) in [4.78, 5) is 32.5. The number of benzene rings is 2. The summed E-state index contributed by atoms with van der Waals surface area (Å²) in [5.74, 6) is -0.00142. The fourth-order valence-corrected chi connectivity index (χ4v) is 3.43. The fourth-order valence-electron chi connectivity index (χ4n) is 2.37. The lowest BCUT2D eigenvalue weighted by atomic mass is 10.1. The Morgan fingerprint density at radius 1 is 1.12 bits per heavy atom. The lowest BCUT2D eigenvalue weighted by Gasteiger charge is -2.16. The van der Waals surface area contributed by atoms with Crippen molar-refractivity contribution >= 4 is 29.6 Å². The van der Waals surface area contributed by atoms with Crippen LogP contribution in [0.15, 0.2) is 47.4 Å². The number of thioether (sulfide) groups is 1. The van der Waals surface area contributed by atoms with Gasteiger partial charge in [0, 0.05) is 17.1 Å². The number of hydrogen-bond acceptors (Lipinski definition) is 6. The van der Waals surface area contributed by atoms with Crippen LogP contribution in [0.2, 0.25) is 0 Å². The summed E-state index contributed by atoms with van der Waals surface area (Å²) in [6.07, 6.45) is 0.855. The molecule has 2 rings (SSSR count). The number of aryl methyl sites for hydroxylation is 2. The minimum atomic E-state index is -0.914. The first-order valence-corrected chi connectivity index (χ1v) is 11.7. The summed E-state index contributed by atoms with van der Waals surface area (Å²) in [6, 6.07) is 14.8. The minimum Gasteiger partial charge on any atom is -0.478 e. The van der Waals surface area contributed by atoms with E-state index in [9.17, 15) is 14.4 Å². The zero-order chi connectivity index (χ0) is 26.3. The van der Waals surface area contributed by atoms with Gasteiger partial charge in [-0.05, 0) is 82.5 Å². The van der Waals surface area contributed by atoms with Gasteiger partial charge in [-0.25, -0.2) is 9.59 Å². The number of ether oxygens (including phenoxy) is 1. The third-order valence-corrected chi connectivity index (χ3v) is 5.21. The normalized spacial score (nSPS) is 9.91. The van der Waals surface area contributed by atoms with E-state index in [-0.39, 0.29) is 5.78 Å². The molecule has 0 heterocycles. The molecule has 2 aromatic rings. The molecule has 0 spiro atoms. The van der Waals surface area contributed by atoms with Gasteiger partial charge >= 0.3 is 12.1 Å². The van der Waals surface area contributed by atoms with Crippen molar-refractivity contribution in [2.75, 3.05) is 5.75 Å². The molecule has 0 aliphatic heterocycles. The molecule has 184 valence electrons. The van der Waals surface area contributed by atoms with Crippen molar-refractivity contribution in [3.63, 3.8) is 0 Å². The highest BCUT2D eigenvalue weighted by Gasteiger charge is 2.12. The summed E-state index contributed by atoms with van der Waals surface area (Å²) in [5, 5.41) is 17.2. The Labute approximate surface area is 206 Å². The van der Waals surface area contributed by atoms with Crippen molar-refractivity contribution in [1.29, 1.82) is 5.26 Å². The second-order valence-electron chi connectivity index (χ2n) is 8.28. The zero-order valence-electron chi connectivity index (χ0n) is 20.7. The van der Waals surface area contributed by atoms with Gasteiger partial charge in [-0.3, -0.25) is 4.79 Å². The van der Waals surface area contributed by atoms with E-state index in [4.69, 9.17) is 16.1 Å². The monoisotopic (exact) mass is 486 g/mol. The first-order chi connectivity index (χ1) is 15.8. The highest BCUT2D eigenvalue weighted by Crippen LogP contribution is 2.24. The van der Waals surface area contributed by atoms with Gasteiger partial charge < -0.3 is 15.6 Å². The third kappa shape index (κ3) is 14.7. The molecule has 0 fully saturated rings. The van der Waals surface area contributed by atoms with Crippen LogP contribution in [0.3, 0.4) is 0 Å². The molecule has 0 aromatic heterocycles. The molecular weight excluding hydrogens is 452 g/mol. The number of nitriles is 1. The Morgan fingerprint density at radius 2 is 1.71 bits per heavy atom. The Kier molecular flexibility index (Phi) is 14.0. The van der Waals surface area contributed by atoms with Gasteiger partial charge in [-0.15, -0.1) is 11.8 Å². The molecular formula is C26H34N2O5S. The van der Waals surface area contributed by atoms with Crippen molar-refractivity contribution in [1.82, 2.24) is 0 Å². The number of hydrogen-bond donors (Lipinski definition) is 2. The maximum Gasteiger partial charge on any atom is 0.405 e. The van der Waals surface area contributed by atoms with E-state index in [0.29, 0.717) is 12.0 Å². The molecule has 2 aromatic carbocycles. The Bertz CT molecular complexity index is 990. The first kappa shape index (κ1) is 30.7. The molecule has 8 heteroatoms. The summed E-state index contributed by atoms with van der Waals surface area (Å²) >= 11 is 1.58. The smallest absolute Gasteiger partial charge is 0.405 e. The van der Waals surface area contributed by atoms with Crippen molar-refractivity contribution < 1.29 is 24.2 Å². The summed E-state index contributed by atoms with van der Waals surface area (Å²) in [5.41, 5.74) is 7.51. The largest absolute Gasteiger partial charge is 0.478 e. The fraction of sp³-hybridized carbons (Fsp3) is 0.385. The van der Waals surface area contributed by atoms with E-state index in [1.54, 1.807) is 57.7 Å². The van der Waals surface area contributed by atoms with Crippen molar-refractivity contribution in [3.05, 3.63) is 64.7 Å². The Hall–Kier alpha value is -3.31. The number of nitrogens with two attached hydrogens (primary N) is 1. The molecule has 0 aliphatic carbocycles. The van der Waals surface area contributed by atoms with Crippen molar-refractivity contribution in [2.24, 2.45) is 5.73 Å². The van der Waals surface area contributed by atoms with Gasteiger partial charge in [-0.2, -0.15) is 5.26 Å². The number of carbonyl (C=O) groups is 3. The Morgan fingerprint density at radius 3 is 2.06 bits per heavy atom. The van der Waals surface area contributed by atoms with Crippen LogP contribution in [0, 0.1) is 18.3 Å². The summed E-state index contributed by atoms with van der Waals surface area (Å²) in [6.45, 7) is 10.8. The summed E-state index contributed by atoms with van der Waals surface area (Å²) < 4.78 is 4.58. The quantitative estimate of drug-likeness (QED) is 0.496. The van der Waals surface area contributed by atoms with Crippen LogP contribution < -0.4 is 5.73 Å². The van der Waals surface area contributed by atoms with Gasteiger partial charge in [0.2, 0.25) is 0 Å². The highest BCUT2D eigenvalue weighted by molar-refractivity contribution is 7.99. The van der Waals surface area contributed by atoms with Crippen LogP contribution in [-0.4, -0.2) is 34.3 Å². The number of rotatable bonds is 6. The average Bonchev–Trinajstić information content (AvgIpc) is 2.73. The third-order valence-electron chi connectivity index (χ3n) is 4.03. The van der Waals surface area contributed by atoms with E-state index in [0.717, 1.165) is 28.2 Å². The molecule has 7 nitrogen and oxygen atoms in total. The molecule has 0 bridgehead atoms. The number of carboxylic acid groups (broad SMARTS) is 1. The number of amides is 1. The van der Waals surface area contributed by atoms with Crippen molar-refractivity contribution in [2.45, 2.75) is 64.9 Å². The number of ketones is 1. The second-order valence-corrected chi connectivity index (χ2v) is 9.42. The maximum absolute atomic E-state index is 10.8. The molecule has 0 unspecified atom stereocenters. The molecule has 34 heavy (non-hydrogen) atoms. The van der Waals surface area contributed by atoms with E-state index in [1.807, 2.05) is 31.2 Å². The van der Waals surface area contributed by atoms with Gasteiger partial charge in [0.15, 0.2) is 0 Å². The van der Waals surface area contributed by atoms with Crippen molar-refractivity contribution in [3.8, 4) is 6.07 Å². The Balaban J connectivity index is 0.000000520. The molecule has 0 atom stereocenters. The minimum absolute atomic E-state index is 0.173. The standard InChI is InChI=1S/C12H14O3S.C9H9N.C5H11NO2/c1-8-7-10(12(14)15)3-4-11(8)16-6-5-9(2)13;1-2-8-3-5-9(7-10)6-4-8;1-5(2,3)8-4(6)7/h3-4,7H,5-6H2,1-2H3,(H,14,15);3-6H,2H2,1H3;1-3H3,(H2,6,7). The maximum atomic E-state index is 10.8. The molecule has 3 N–H and O–H groups in total. The SMILES string of the molecule is CC(=O)CCSc1ccc(C(=O)O)cc1C.CC(C)(C)OC(N)=O.CCc1ccc(C#N)cc1. The number of carbonyl (C=O) groups excluding carboxylic acids is 2. The van der Waals surface area contributed by atoms with Gasteiger partial charge in [0.1, 0.15) is 11.4 Å². The predicted molar refractivity (Wildman–Crippen MR) is 135 cm³/mol. The lowest BCUT2D eigenvalue weighted by Crippen LogP contribution is -2.27. The van der Waals surface area contributed by atoms with Crippen LogP contribution in [0.4, 0.5) is 4.79 Å². The first-order valence-electron chi connectivity index (χ1n) is 10.7. The van der Waals surface area contributed by atoms with Crippen LogP contribution in [0.5, 0.6) is 0 Å². The zero-order valence-corrected chi connectivity index (χ0v) is 21.5. The molecule has 0 aliphatic rings. The number of aromatic carboxylic acids is 1. The molecule has 0 saturated carbocycles. The van der Waals surface area contributed by atoms with Crippen LogP contribution in [-0.2, 0) is 16.0 Å². The molecule has 0 saturated heterocycles. The van der Waals surface area contributed by atoms with E-state index in [1.165, 1.54) is 5.56 Å². The number of primary amides is 1. The molecule has 0 radical (unpaired) electrons.